The second-order valence-electron chi connectivity index (χ2n) is 9.32. The van der Waals surface area contributed by atoms with Crippen LogP contribution in [-0.2, 0) is 16.0 Å². The van der Waals surface area contributed by atoms with E-state index in [0.29, 0.717) is 33.6 Å². The van der Waals surface area contributed by atoms with E-state index in [1.807, 2.05) is 0 Å². The van der Waals surface area contributed by atoms with E-state index in [1.54, 1.807) is 66.9 Å². The highest BCUT2D eigenvalue weighted by molar-refractivity contribution is 6.05. The fourth-order valence-electron chi connectivity index (χ4n) is 4.88. The van der Waals surface area contributed by atoms with Crippen LogP contribution in [0.2, 0.25) is 0 Å². The molecule has 0 saturated carbocycles. The number of hydrogen-bond acceptors (Lipinski definition) is 4. The van der Waals surface area contributed by atoms with Crippen molar-refractivity contribution in [3.05, 3.63) is 119 Å². The van der Waals surface area contributed by atoms with Gasteiger partial charge >= 0.3 is 0 Å². The molecule has 1 aliphatic heterocycles. The lowest BCUT2D eigenvalue weighted by molar-refractivity contribution is -0.125. The minimum atomic E-state index is -0.813. The number of halogens is 2. The smallest absolute Gasteiger partial charge is 0.248 e. The Hall–Kier alpha value is -4.92. The van der Waals surface area contributed by atoms with Gasteiger partial charge in [0.05, 0.1) is 17.7 Å². The number of rotatable bonds is 8. The summed E-state index contributed by atoms with van der Waals surface area (Å²) < 4.78 is 28.1. The second kappa shape index (κ2) is 10.8. The number of pyridine rings is 1. The number of carbonyl (C=O) groups excluding carboxylic acids is 3. The Morgan fingerprint density at radius 1 is 0.974 bits per heavy atom. The van der Waals surface area contributed by atoms with Crippen LogP contribution >= 0.6 is 0 Å². The first kappa shape index (κ1) is 25.7. The maximum absolute atomic E-state index is 14.0. The second-order valence-corrected chi connectivity index (χ2v) is 9.32. The van der Waals surface area contributed by atoms with Gasteiger partial charge in [0.15, 0.2) is 0 Å². The molecular formula is C30H24F2N4O3. The van der Waals surface area contributed by atoms with Crippen molar-refractivity contribution in [2.24, 2.45) is 5.73 Å². The molecule has 4 N–H and O–H groups in total. The fraction of sp³-hybridized carbons (Fsp3) is 0.133. The summed E-state index contributed by atoms with van der Waals surface area (Å²) in [6.45, 7) is 0. The van der Waals surface area contributed by atoms with Crippen LogP contribution in [0.25, 0.3) is 11.1 Å². The maximum atomic E-state index is 14.0. The molecule has 9 heteroatoms. The molecule has 0 fully saturated rings. The number of benzene rings is 3. The van der Waals surface area contributed by atoms with Crippen LogP contribution in [-0.4, -0.2) is 22.7 Å². The number of carbonyl (C=O) groups is 3. The van der Waals surface area contributed by atoms with Crippen molar-refractivity contribution in [1.82, 2.24) is 10.3 Å². The quantitative estimate of drug-likeness (QED) is 0.310. The van der Waals surface area contributed by atoms with E-state index in [4.69, 9.17) is 5.73 Å². The fourth-order valence-corrected chi connectivity index (χ4v) is 4.88. The average molecular weight is 527 g/mol. The molecule has 3 amide bonds. The highest BCUT2D eigenvalue weighted by Crippen LogP contribution is 2.35. The molecule has 2 atom stereocenters. The summed E-state index contributed by atoms with van der Waals surface area (Å²) in [5.41, 5.74) is 9.11. The van der Waals surface area contributed by atoms with Crippen molar-refractivity contribution in [2.45, 2.75) is 24.8 Å². The van der Waals surface area contributed by atoms with Gasteiger partial charge in [-0.25, -0.2) is 8.78 Å². The molecule has 0 bridgehead atoms. The molecule has 7 nitrogen and oxygen atoms in total. The zero-order chi connectivity index (χ0) is 27.5. The van der Waals surface area contributed by atoms with Crippen molar-refractivity contribution in [3.8, 4) is 11.1 Å². The zero-order valence-electron chi connectivity index (χ0n) is 20.7. The molecule has 4 aromatic rings. The molecule has 1 aromatic heterocycles. The Kier molecular flexibility index (Phi) is 7.14. The zero-order valence-corrected chi connectivity index (χ0v) is 20.7. The third-order valence-electron chi connectivity index (χ3n) is 6.62. The maximum Gasteiger partial charge on any atom is 0.248 e. The molecule has 5 rings (SSSR count). The number of nitrogens with zero attached hydrogens (tertiary/aromatic N) is 1. The summed E-state index contributed by atoms with van der Waals surface area (Å²) in [5, 5.41) is 5.71. The highest BCUT2D eigenvalue weighted by Gasteiger charge is 2.33. The first-order valence-electron chi connectivity index (χ1n) is 12.3. The van der Waals surface area contributed by atoms with E-state index < -0.39 is 35.4 Å². The summed E-state index contributed by atoms with van der Waals surface area (Å²) in [4.78, 5) is 42.2. The van der Waals surface area contributed by atoms with Gasteiger partial charge in [-0.2, -0.15) is 0 Å². The van der Waals surface area contributed by atoms with Crippen molar-refractivity contribution < 1.29 is 23.2 Å². The van der Waals surface area contributed by atoms with Gasteiger partial charge in [0.25, 0.3) is 0 Å². The lowest BCUT2D eigenvalue weighted by Gasteiger charge is -2.22. The van der Waals surface area contributed by atoms with Crippen LogP contribution < -0.4 is 16.4 Å². The molecule has 1 aliphatic rings. The number of nitrogens with two attached hydrogens (primary N) is 1. The minimum Gasteiger partial charge on any atom is -0.366 e. The number of nitrogens with one attached hydrogen (secondary N) is 2. The molecule has 39 heavy (non-hydrogen) atoms. The van der Waals surface area contributed by atoms with Gasteiger partial charge in [-0.1, -0.05) is 36.4 Å². The molecule has 196 valence electrons. The van der Waals surface area contributed by atoms with Crippen LogP contribution in [0.1, 0.15) is 45.6 Å². The molecular weight excluding hydrogens is 502 g/mol. The standard InChI is InChI=1S/C30H24F2N4O3/c31-20-11-17(12-21(32)15-20)13-26(35-27(37)16-24-23-7-1-2-9-25(23)36-30(24)39)28-22(8-4-10-34-28)18-5-3-6-19(14-18)29(33)38/h1-12,14-15,24,26H,13,16H2,(H2,33,38)(H,35,37)(H,36,39). The van der Waals surface area contributed by atoms with E-state index in [1.165, 1.54) is 12.1 Å². The van der Waals surface area contributed by atoms with Gasteiger partial charge in [0, 0.05) is 35.5 Å². The van der Waals surface area contributed by atoms with Crippen molar-refractivity contribution >= 4 is 23.4 Å². The van der Waals surface area contributed by atoms with Crippen LogP contribution in [0, 0.1) is 11.6 Å². The van der Waals surface area contributed by atoms with E-state index in [2.05, 4.69) is 15.6 Å². The largest absolute Gasteiger partial charge is 0.366 e. The predicted molar refractivity (Wildman–Crippen MR) is 142 cm³/mol. The number of anilines is 1. The van der Waals surface area contributed by atoms with Gasteiger partial charge in [-0.3, -0.25) is 19.4 Å². The molecule has 0 radical (unpaired) electrons. The summed E-state index contributed by atoms with van der Waals surface area (Å²) in [6.07, 6.45) is 1.44. The van der Waals surface area contributed by atoms with Crippen LogP contribution in [0.5, 0.6) is 0 Å². The minimum absolute atomic E-state index is 0.0212. The number of amides is 3. The van der Waals surface area contributed by atoms with E-state index in [9.17, 15) is 23.2 Å². The van der Waals surface area contributed by atoms with Crippen molar-refractivity contribution in [1.29, 1.82) is 0 Å². The van der Waals surface area contributed by atoms with Gasteiger partial charge in [0.2, 0.25) is 17.7 Å². The molecule has 3 aromatic carbocycles. The summed E-state index contributed by atoms with van der Waals surface area (Å²) in [7, 11) is 0. The van der Waals surface area contributed by atoms with Crippen LogP contribution in [0.3, 0.4) is 0 Å². The number of primary amides is 1. The third kappa shape index (κ3) is 5.67. The first-order valence-corrected chi connectivity index (χ1v) is 12.3. The molecule has 0 aliphatic carbocycles. The van der Waals surface area contributed by atoms with E-state index >= 15 is 0 Å². The van der Waals surface area contributed by atoms with Gasteiger partial charge < -0.3 is 16.4 Å². The van der Waals surface area contributed by atoms with Gasteiger partial charge in [-0.05, 0) is 59.5 Å². The Morgan fingerprint density at radius 2 is 1.74 bits per heavy atom. The van der Waals surface area contributed by atoms with E-state index in [-0.39, 0.29) is 18.7 Å². The first-order chi connectivity index (χ1) is 18.8. The predicted octanol–water partition coefficient (Wildman–Crippen LogP) is 4.65. The Bertz CT molecular complexity index is 1570. The Morgan fingerprint density at radius 3 is 2.51 bits per heavy atom. The lowest BCUT2D eigenvalue weighted by Crippen LogP contribution is -2.33. The topological polar surface area (TPSA) is 114 Å². The normalized spacial score (nSPS) is 14.8. The average Bonchev–Trinajstić information content (AvgIpc) is 3.22. The molecule has 0 spiro atoms. The Balaban J connectivity index is 1.50. The van der Waals surface area contributed by atoms with Crippen molar-refractivity contribution in [3.63, 3.8) is 0 Å². The lowest BCUT2D eigenvalue weighted by atomic mass is 9.93. The summed E-state index contributed by atoms with van der Waals surface area (Å²) >= 11 is 0. The Labute approximate surface area is 223 Å². The number of para-hydroxylation sites is 1. The van der Waals surface area contributed by atoms with Gasteiger partial charge in [-0.15, -0.1) is 0 Å². The SMILES string of the molecule is NC(=O)c1cccc(-c2cccnc2C(Cc2cc(F)cc(F)c2)NC(=O)CC2C(=O)Nc3ccccc32)c1. The van der Waals surface area contributed by atoms with Crippen molar-refractivity contribution in [2.75, 3.05) is 5.32 Å². The number of fused-ring (bicyclic) bond motifs is 1. The molecule has 0 saturated heterocycles. The molecule has 2 unspecified atom stereocenters. The monoisotopic (exact) mass is 526 g/mol. The highest BCUT2D eigenvalue weighted by atomic mass is 19.1. The van der Waals surface area contributed by atoms with Gasteiger partial charge in [0.1, 0.15) is 11.6 Å². The van der Waals surface area contributed by atoms with Crippen LogP contribution in [0.4, 0.5) is 14.5 Å². The van der Waals surface area contributed by atoms with E-state index in [0.717, 1.165) is 11.6 Å². The molecule has 2 heterocycles. The summed E-state index contributed by atoms with van der Waals surface area (Å²) in [5.74, 6) is -3.48. The van der Waals surface area contributed by atoms with Crippen LogP contribution in [0.15, 0.2) is 85.1 Å². The number of aromatic nitrogens is 1. The third-order valence-corrected chi connectivity index (χ3v) is 6.62. The number of hydrogen-bond donors (Lipinski definition) is 3. The summed E-state index contributed by atoms with van der Waals surface area (Å²) in [6, 6.07) is 19.6.